The standard InChI is InChI=1S/C10H14N2OS2/c1-15(13)6-2-5-12-8-10-4-3-9(7-11)14-10/h3-4,12H,2,5-6,8H2,1H3. The maximum Gasteiger partial charge on any atom is 0.110 e. The van der Waals surface area contributed by atoms with E-state index in [0.717, 1.165) is 30.1 Å². The zero-order valence-corrected chi connectivity index (χ0v) is 10.3. The fourth-order valence-electron chi connectivity index (χ4n) is 1.15. The molecule has 0 radical (unpaired) electrons. The van der Waals surface area contributed by atoms with E-state index in [1.807, 2.05) is 12.1 Å². The molecule has 0 aromatic carbocycles. The van der Waals surface area contributed by atoms with Gasteiger partial charge in [-0.3, -0.25) is 4.21 Å². The lowest BCUT2D eigenvalue weighted by Crippen LogP contribution is -2.15. The van der Waals surface area contributed by atoms with Crippen LogP contribution in [0.5, 0.6) is 0 Å². The first-order valence-corrected chi connectivity index (χ1v) is 7.26. The molecule has 82 valence electrons. The molecule has 5 heteroatoms. The van der Waals surface area contributed by atoms with Crippen LogP contribution in [0.25, 0.3) is 0 Å². The molecule has 0 amide bonds. The van der Waals surface area contributed by atoms with Gasteiger partial charge in [-0.2, -0.15) is 5.26 Å². The van der Waals surface area contributed by atoms with Crippen molar-refractivity contribution < 1.29 is 4.21 Å². The summed E-state index contributed by atoms with van der Waals surface area (Å²) >= 11 is 1.51. The van der Waals surface area contributed by atoms with Gasteiger partial charge in [0.15, 0.2) is 0 Å². The van der Waals surface area contributed by atoms with Gasteiger partial charge in [-0.25, -0.2) is 0 Å². The molecule has 3 nitrogen and oxygen atoms in total. The highest BCUT2D eigenvalue weighted by Crippen LogP contribution is 2.14. The third kappa shape index (κ3) is 5.07. The second-order valence-electron chi connectivity index (χ2n) is 3.19. The van der Waals surface area contributed by atoms with Crippen molar-refractivity contribution in [3.63, 3.8) is 0 Å². The Morgan fingerprint density at radius 1 is 1.60 bits per heavy atom. The van der Waals surface area contributed by atoms with Gasteiger partial charge in [0.05, 0.1) is 0 Å². The van der Waals surface area contributed by atoms with Crippen LogP contribution >= 0.6 is 11.3 Å². The lowest BCUT2D eigenvalue weighted by atomic mass is 10.4. The molecule has 0 aliphatic rings. The van der Waals surface area contributed by atoms with Gasteiger partial charge in [-0.05, 0) is 25.1 Å². The van der Waals surface area contributed by atoms with Crippen molar-refractivity contribution >= 4 is 22.1 Å². The number of hydrogen-bond acceptors (Lipinski definition) is 4. The van der Waals surface area contributed by atoms with Crippen molar-refractivity contribution in [1.29, 1.82) is 5.26 Å². The summed E-state index contributed by atoms with van der Waals surface area (Å²) in [6.07, 6.45) is 2.65. The molecule has 0 fully saturated rings. The molecule has 0 aliphatic heterocycles. The second-order valence-corrected chi connectivity index (χ2v) is 5.91. The number of nitriles is 1. The molecule has 1 aromatic rings. The first kappa shape index (κ1) is 12.4. The van der Waals surface area contributed by atoms with Gasteiger partial charge in [-0.1, -0.05) is 0 Å². The van der Waals surface area contributed by atoms with Gasteiger partial charge in [0.2, 0.25) is 0 Å². The molecule has 1 unspecified atom stereocenters. The minimum absolute atomic E-state index is 0.691. The molecule has 0 saturated carbocycles. The summed E-state index contributed by atoms with van der Waals surface area (Å²) in [6, 6.07) is 5.92. The van der Waals surface area contributed by atoms with Gasteiger partial charge in [-0.15, -0.1) is 11.3 Å². The maximum atomic E-state index is 10.8. The number of rotatable bonds is 6. The topological polar surface area (TPSA) is 52.9 Å². The van der Waals surface area contributed by atoms with Crippen molar-refractivity contribution in [3.8, 4) is 6.07 Å². The van der Waals surface area contributed by atoms with Crippen molar-refractivity contribution in [2.75, 3.05) is 18.6 Å². The van der Waals surface area contributed by atoms with Crippen LogP contribution < -0.4 is 5.32 Å². The first-order chi connectivity index (χ1) is 7.22. The molecule has 0 bridgehead atoms. The van der Waals surface area contributed by atoms with Crippen molar-refractivity contribution in [1.82, 2.24) is 5.32 Å². The van der Waals surface area contributed by atoms with Crippen LogP contribution in [0.3, 0.4) is 0 Å². The summed E-state index contributed by atoms with van der Waals surface area (Å²) < 4.78 is 10.8. The number of nitrogens with zero attached hydrogens (tertiary/aromatic N) is 1. The van der Waals surface area contributed by atoms with E-state index in [-0.39, 0.29) is 0 Å². The zero-order valence-electron chi connectivity index (χ0n) is 8.66. The molecule has 1 atom stereocenters. The van der Waals surface area contributed by atoms with Gasteiger partial charge >= 0.3 is 0 Å². The van der Waals surface area contributed by atoms with E-state index >= 15 is 0 Å². The second kappa shape index (κ2) is 6.72. The van der Waals surface area contributed by atoms with Crippen molar-refractivity contribution in [3.05, 3.63) is 21.9 Å². The Bertz CT molecular complexity index is 368. The predicted molar refractivity (Wildman–Crippen MR) is 64.3 cm³/mol. The molecule has 1 aromatic heterocycles. The van der Waals surface area contributed by atoms with E-state index in [1.54, 1.807) is 6.26 Å². The van der Waals surface area contributed by atoms with Gasteiger partial charge in [0.1, 0.15) is 10.9 Å². The Morgan fingerprint density at radius 2 is 2.40 bits per heavy atom. The van der Waals surface area contributed by atoms with Crippen LogP contribution in [0.15, 0.2) is 12.1 Å². The van der Waals surface area contributed by atoms with Crippen LogP contribution in [-0.4, -0.2) is 22.8 Å². The molecule has 1 heterocycles. The Hall–Kier alpha value is -0.700. The monoisotopic (exact) mass is 242 g/mol. The van der Waals surface area contributed by atoms with E-state index in [4.69, 9.17) is 5.26 Å². The van der Waals surface area contributed by atoms with Crippen LogP contribution in [0, 0.1) is 11.3 Å². The van der Waals surface area contributed by atoms with E-state index < -0.39 is 10.8 Å². The highest BCUT2D eigenvalue weighted by molar-refractivity contribution is 7.84. The number of thiophene rings is 1. The minimum Gasteiger partial charge on any atom is -0.312 e. The van der Waals surface area contributed by atoms with Crippen LogP contribution in [0.1, 0.15) is 16.2 Å². The van der Waals surface area contributed by atoms with E-state index in [1.165, 1.54) is 16.2 Å². The van der Waals surface area contributed by atoms with Crippen LogP contribution in [0.2, 0.25) is 0 Å². The smallest absolute Gasteiger partial charge is 0.110 e. The third-order valence-corrected chi connectivity index (χ3v) is 3.71. The molecular formula is C10H14N2OS2. The lowest BCUT2D eigenvalue weighted by molar-refractivity contribution is 0.665. The summed E-state index contributed by atoms with van der Waals surface area (Å²) in [6.45, 7) is 1.67. The fraction of sp³-hybridized carbons (Fsp3) is 0.500. The fourth-order valence-corrected chi connectivity index (χ4v) is 2.47. The summed E-state index contributed by atoms with van der Waals surface area (Å²) in [5.74, 6) is 0.751. The van der Waals surface area contributed by atoms with Gasteiger partial charge in [0.25, 0.3) is 0 Å². The van der Waals surface area contributed by atoms with Crippen molar-refractivity contribution in [2.24, 2.45) is 0 Å². The summed E-state index contributed by atoms with van der Waals surface area (Å²) in [7, 11) is -0.691. The summed E-state index contributed by atoms with van der Waals surface area (Å²) in [5, 5.41) is 11.9. The highest BCUT2D eigenvalue weighted by Gasteiger charge is 1.98. The van der Waals surface area contributed by atoms with E-state index in [2.05, 4.69) is 11.4 Å². The minimum atomic E-state index is -0.691. The molecule has 1 rings (SSSR count). The quantitative estimate of drug-likeness (QED) is 0.769. The highest BCUT2D eigenvalue weighted by atomic mass is 32.2. The number of nitrogens with one attached hydrogen (secondary N) is 1. The van der Waals surface area contributed by atoms with E-state index in [0.29, 0.717) is 0 Å². The Balaban J connectivity index is 2.15. The molecule has 1 N–H and O–H groups in total. The molecule has 15 heavy (non-hydrogen) atoms. The molecule has 0 aliphatic carbocycles. The number of hydrogen-bond donors (Lipinski definition) is 1. The first-order valence-electron chi connectivity index (χ1n) is 4.72. The summed E-state index contributed by atoms with van der Waals surface area (Å²) in [4.78, 5) is 1.92. The van der Waals surface area contributed by atoms with E-state index in [9.17, 15) is 4.21 Å². The van der Waals surface area contributed by atoms with Crippen molar-refractivity contribution in [2.45, 2.75) is 13.0 Å². The lowest BCUT2D eigenvalue weighted by Gasteiger charge is -2.01. The molecular weight excluding hydrogens is 228 g/mol. The van der Waals surface area contributed by atoms with Crippen LogP contribution in [-0.2, 0) is 17.3 Å². The largest absolute Gasteiger partial charge is 0.312 e. The Labute approximate surface area is 96.6 Å². The average Bonchev–Trinajstić information content (AvgIpc) is 2.65. The van der Waals surface area contributed by atoms with Gasteiger partial charge < -0.3 is 5.32 Å². The molecule has 0 saturated heterocycles. The van der Waals surface area contributed by atoms with Gasteiger partial charge in [0, 0.05) is 34.2 Å². The average molecular weight is 242 g/mol. The van der Waals surface area contributed by atoms with Crippen LogP contribution in [0.4, 0.5) is 0 Å². The SMILES string of the molecule is CS(=O)CCCNCc1ccc(C#N)s1. The maximum absolute atomic E-state index is 10.8. The third-order valence-electron chi connectivity index (χ3n) is 1.86. The summed E-state index contributed by atoms with van der Waals surface area (Å²) in [5.41, 5.74) is 0. The Morgan fingerprint density at radius 3 is 3.00 bits per heavy atom. The molecule has 0 spiro atoms. The zero-order chi connectivity index (χ0) is 11.1. The predicted octanol–water partition coefficient (Wildman–Crippen LogP) is 1.48. The Kier molecular flexibility index (Phi) is 5.54. The normalized spacial score (nSPS) is 12.3.